The maximum atomic E-state index is 9.64. The Balaban J connectivity index is 2.01. The van der Waals surface area contributed by atoms with E-state index in [2.05, 4.69) is 6.92 Å². The predicted octanol–water partition coefficient (Wildman–Crippen LogP) is 0.910. The Bertz CT molecular complexity index is 163. The van der Waals surface area contributed by atoms with Gasteiger partial charge in [0.25, 0.3) is 0 Å². The molecule has 1 unspecified atom stereocenters. The van der Waals surface area contributed by atoms with Crippen LogP contribution in [0.2, 0.25) is 0 Å². The minimum absolute atomic E-state index is 0.253. The number of rotatable bonds is 0. The molecule has 2 rings (SSSR count). The van der Waals surface area contributed by atoms with Gasteiger partial charge in [0.15, 0.2) is 5.79 Å². The summed E-state index contributed by atoms with van der Waals surface area (Å²) in [6, 6.07) is 0. The van der Waals surface area contributed by atoms with Gasteiger partial charge in [-0.25, -0.2) is 0 Å². The molecule has 3 nitrogen and oxygen atoms in total. The summed E-state index contributed by atoms with van der Waals surface area (Å²) in [5, 5.41) is 9.64. The van der Waals surface area contributed by atoms with Crippen LogP contribution in [0.15, 0.2) is 0 Å². The zero-order valence-electron chi connectivity index (χ0n) is 7.45. The Morgan fingerprint density at radius 2 is 2.00 bits per heavy atom. The Morgan fingerprint density at radius 1 is 1.33 bits per heavy atom. The summed E-state index contributed by atoms with van der Waals surface area (Å²) in [7, 11) is 0. The van der Waals surface area contributed by atoms with E-state index < -0.39 is 5.79 Å². The number of ether oxygens (including phenoxy) is 2. The number of hydrogen-bond acceptors (Lipinski definition) is 3. The lowest BCUT2D eigenvalue weighted by Crippen LogP contribution is -2.42. The smallest absolute Gasteiger partial charge is 0.170 e. The van der Waals surface area contributed by atoms with Crippen LogP contribution >= 0.6 is 0 Å². The van der Waals surface area contributed by atoms with Crippen molar-refractivity contribution >= 4 is 0 Å². The molecule has 0 radical (unpaired) electrons. The molecule has 0 aromatic carbocycles. The molecule has 1 aliphatic heterocycles. The van der Waals surface area contributed by atoms with E-state index in [1.807, 2.05) is 0 Å². The zero-order valence-corrected chi connectivity index (χ0v) is 7.45. The summed E-state index contributed by atoms with van der Waals surface area (Å²) < 4.78 is 11.0. The van der Waals surface area contributed by atoms with Crippen LogP contribution in [-0.2, 0) is 9.47 Å². The molecule has 1 heterocycles. The first-order valence-corrected chi connectivity index (χ1v) is 4.68. The number of aliphatic hydroxyl groups is 1. The van der Waals surface area contributed by atoms with Crippen molar-refractivity contribution in [3.05, 3.63) is 0 Å². The molecule has 2 fully saturated rings. The highest BCUT2D eigenvalue weighted by Gasteiger charge is 2.43. The van der Waals surface area contributed by atoms with Gasteiger partial charge in [-0.2, -0.15) is 0 Å². The van der Waals surface area contributed by atoms with Gasteiger partial charge in [-0.1, -0.05) is 6.92 Å². The maximum Gasteiger partial charge on any atom is 0.170 e. The Kier molecular flexibility index (Phi) is 2.10. The lowest BCUT2D eigenvalue weighted by molar-refractivity contribution is -0.203. The molecule has 1 aliphatic carbocycles. The van der Waals surface area contributed by atoms with Crippen molar-refractivity contribution in [2.24, 2.45) is 5.92 Å². The predicted molar refractivity (Wildman–Crippen MR) is 43.7 cm³/mol. The van der Waals surface area contributed by atoms with Gasteiger partial charge in [0.1, 0.15) is 0 Å². The van der Waals surface area contributed by atoms with E-state index >= 15 is 0 Å². The van der Waals surface area contributed by atoms with Crippen LogP contribution in [0.1, 0.15) is 26.2 Å². The van der Waals surface area contributed by atoms with Crippen LogP contribution < -0.4 is 0 Å². The van der Waals surface area contributed by atoms with Gasteiger partial charge in [0, 0.05) is 12.8 Å². The van der Waals surface area contributed by atoms with Crippen LogP contribution in [0.4, 0.5) is 0 Å². The highest BCUT2D eigenvalue weighted by atomic mass is 16.7. The van der Waals surface area contributed by atoms with Gasteiger partial charge in [0.2, 0.25) is 0 Å². The molecule has 0 amide bonds. The monoisotopic (exact) mass is 172 g/mol. The fourth-order valence-corrected chi connectivity index (χ4v) is 2.02. The van der Waals surface area contributed by atoms with E-state index in [9.17, 15) is 5.11 Å². The molecular weight excluding hydrogens is 156 g/mol. The molecule has 2 atom stereocenters. The van der Waals surface area contributed by atoms with Gasteiger partial charge in [-0.05, 0) is 12.3 Å². The summed E-state index contributed by atoms with van der Waals surface area (Å²) >= 11 is 0. The first kappa shape index (κ1) is 8.48. The average Bonchev–Trinajstić information content (AvgIpc) is 2.47. The molecule has 3 heteroatoms. The maximum absolute atomic E-state index is 9.64. The molecule has 0 bridgehead atoms. The Morgan fingerprint density at radius 3 is 2.58 bits per heavy atom. The van der Waals surface area contributed by atoms with Gasteiger partial charge in [-0.3, -0.25) is 0 Å². The van der Waals surface area contributed by atoms with Crippen molar-refractivity contribution in [3.8, 4) is 0 Å². The number of aliphatic hydroxyl groups excluding tert-OH is 1. The molecule has 12 heavy (non-hydrogen) atoms. The van der Waals surface area contributed by atoms with Gasteiger partial charge >= 0.3 is 0 Å². The van der Waals surface area contributed by atoms with Crippen LogP contribution in [0.3, 0.4) is 0 Å². The molecule has 1 saturated carbocycles. The molecule has 2 aliphatic rings. The molecule has 70 valence electrons. The SMILES string of the molecule is C[C@H]1CCC2(CC1O)OCCO2. The molecule has 0 aromatic rings. The normalized spacial score (nSPS) is 40.5. The highest BCUT2D eigenvalue weighted by molar-refractivity contribution is 4.86. The van der Waals surface area contributed by atoms with Crippen molar-refractivity contribution in [2.75, 3.05) is 13.2 Å². The summed E-state index contributed by atoms with van der Waals surface area (Å²) in [6.07, 6.45) is 2.33. The van der Waals surface area contributed by atoms with E-state index in [-0.39, 0.29) is 6.10 Å². The van der Waals surface area contributed by atoms with Crippen molar-refractivity contribution in [2.45, 2.75) is 38.1 Å². The third kappa shape index (κ3) is 1.37. The Labute approximate surface area is 72.7 Å². The van der Waals surface area contributed by atoms with E-state index in [0.717, 1.165) is 12.8 Å². The quantitative estimate of drug-likeness (QED) is 0.590. The second-order valence-electron chi connectivity index (χ2n) is 3.90. The standard InChI is InChI=1S/C9H16O3/c1-7-2-3-9(6-8(7)10)11-4-5-12-9/h7-8,10H,2-6H2,1H3/t7-,8?/m0/s1. The van der Waals surface area contributed by atoms with Gasteiger partial charge in [0.05, 0.1) is 19.3 Å². The summed E-state index contributed by atoms with van der Waals surface area (Å²) in [6.45, 7) is 3.44. The highest BCUT2D eigenvalue weighted by Crippen LogP contribution is 2.38. The average molecular weight is 172 g/mol. The van der Waals surface area contributed by atoms with E-state index in [0.29, 0.717) is 25.6 Å². The Hall–Kier alpha value is -0.120. The van der Waals surface area contributed by atoms with Gasteiger partial charge in [-0.15, -0.1) is 0 Å². The van der Waals surface area contributed by atoms with E-state index in [1.54, 1.807) is 0 Å². The lowest BCUT2D eigenvalue weighted by Gasteiger charge is -2.37. The fraction of sp³-hybridized carbons (Fsp3) is 1.00. The molecule has 1 spiro atoms. The minimum Gasteiger partial charge on any atom is -0.393 e. The first-order valence-electron chi connectivity index (χ1n) is 4.68. The van der Waals surface area contributed by atoms with E-state index in [1.165, 1.54) is 0 Å². The first-order chi connectivity index (χ1) is 5.72. The van der Waals surface area contributed by atoms with Crippen LogP contribution in [0, 0.1) is 5.92 Å². The van der Waals surface area contributed by atoms with Crippen LogP contribution in [-0.4, -0.2) is 30.2 Å². The third-order valence-corrected chi connectivity index (χ3v) is 2.97. The summed E-state index contributed by atoms with van der Waals surface area (Å²) in [5.41, 5.74) is 0. The van der Waals surface area contributed by atoms with Crippen molar-refractivity contribution in [1.82, 2.24) is 0 Å². The van der Waals surface area contributed by atoms with Crippen molar-refractivity contribution < 1.29 is 14.6 Å². The molecule has 1 N–H and O–H groups in total. The van der Waals surface area contributed by atoms with Crippen molar-refractivity contribution in [3.63, 3.8) is 0 Å². The van der Waals surface area contributed by atoms with E-state index in [4.69, 9.17) is 9.47 Å². The minimum atomic E-state index is -0.425. The zero-order chi connectivity index (χ0) is 8.60. The van der Waals surface area contributed by atoms with Crippen LogP contribution in [0.25, 0.3) is 0 Å². The van der Waals surface area contributed by atoms with Crippen LogP contribution in [0.5, 0.6) is 0 Å². The molecule has 0 aromatic heterocycles. The third-order valence-electron chi connectivity index (χ3n) is 2.97. The second-order valence-corrected chi connectivity index (χ2v) is 3.90. The second kappa shape index (κ2) is 2.98. The molecular formula is C9H16O3. The largest absolute Gasteiger partial charge is 0.393 e. The van der Waals surface area contributed by atoms with Gasteiger partial charge < -0.3 is 14.6 Å². The molecule has 1 saturated heterocycles. The lowest BCUT2D eigenvalue weighted by atomic mass is 9.84. The number of hydrogen-bond donors (Lipinski definition) is 1. The topological polar surface area (TPSA) is 38.7 Å². The fourth-order valence-electron chi connectivity index (χ4n) is 2.02. The van der Waals surface area contributed by atoms with Crippen molar-refractivity contribution in [1.29, 1.82) is 0 Å². The summed E-state index contributed by atoms with van der Waals surface area (Å²) in [4.78, 5) is 0. The summed E-state index contributed by atoms with van der Waals surface area (Å²) in [5.74, 6) is -0.0326.